The second-order valence-electron chi connectivity index (χ2n) is 6.15. The van der Waals surface area contributed by atoms with Crippen LogP contribution in [-0.2, 0) is 0 Å². The summed E-state index contributed by atoms with van der Waals surface area (Å²) in [7, 11) is -0.968. The molecule has 0 aliphatic carbocycles. The first-order valence-corrected chi connectivity index (χ1v) is 10.1. The van der Waals surface area contributed by atoms with Crippen LogP contribution in [0.4, 0.5) is 0 Å². The lowest BCUT2D eigenvalue weighted by Crippen LogP contribution is -2.24. The zero-order valence-electron chi connectivity index (χ0n) is 13.3. The van der Waals surface area contributed by atoms with E-state index in [0.29, 0.717) is 0 Å². The molecule has 0 saturated heterocycles. The van der Waals surface area contributed by atoms with Gasteiger partial charge in [0, 0.05) is 7.26 Å². The molecule has 1 rings (SSSR count). The standard InChI is InChI=1S/C17H31NP/c1-6-9-12-16-15-19(13-10-7-2,14-11-8-3)17(4,5)18-16/h6,9,12H,1,7-8,10-11,13-15H2,2-5H3/q+1/b12-9-. The fourth-order valence-electron chi connectivity index (χ4n) is 3.00. The largest absolute Gasteiger partial charge is 0.242 e. The second-order valence-corrected chi connectivity index (χ2v) is 10.7. The molecule has 0 fully saturated rings. The summed E-state index contributed by atoms with van der Waals surface area (Å²) in [5.41, 5.74) is 1.31. The quantitative estimate of drug-likeness (QED) is 0.409. The zero-order chi connectivity index (χ0) is 14.4. The molecule has 0 N–H and O–H groups in total. The van der Waals surface area contributed by atoms with Gasteiger partial charge >= 0.3 is 0 Å². The molecule has 19 heavy (non-hydrogen) atoms. The molecule has 1 nitrogen and oxygen atoms in total. The minimum Gasteiger partial charge on any atom is -0.242 e. The number of unbranched alkanes of at least 4 members (excludes halogenated alkanes) is 2. The molecular formula is C17H31NP+. The van der Waals surface area contributed by atoms with Crippen molar-refractivity contribution in [1.82, 2.24) is 0 Å². The molecule has 0 amide bonds. The van der Waals surface area contributed by atoms with Gasteiger partial charge in [0.2, 0.25) is 0 Å². The first-order chi connectivity index (χ1) is 9.01. The molecule has 0 radical (unpaired) electrons. The average molecular weight is 280 g/mol. The van der Waals surface area contributed by atoms with E-state index < -0.39 is 7.26 Å². The predicted octanol–water partition coefficient (Wildman–Crippen LogP) is 5.54. The summed E-state index contributed by atoms with van der Waals surface area (Å²) in [5.74, 6) is 0. The average Bonchev–Trinajstić information content (AvgIpc) is 2.63. The van der Waals surface area contributed by atoms with Gasteiger partial charge in [0.05, 0.1) is 18.0 Å². The lowest BCUT2D eigenvalue weighted by atomic mass is 10.3. The number of rotatable bonds is 8. The zero-order valence-corrected chi connectivity index (χ0v) is 14.2. The molecule has 1 heterocycles. The van der Waals surface area contributed by atoms with E-state index in [2.05, 4.69) is 40.3 Å². The van der Waals surface area contributed by atoms with Crippen molar-refractivity contribution in [2.45, 2.75) is 58.7 Å². The first kappa shape index (κ1) is 16.6. The van der Waals surface area contributed by atoms with Crippen molar-refractivity contribution in [3.63, 3.8) is 0 Å². The fourth-order valence-corrected chi connectivity index (χ4v) is 8.01. The Balaban J connectivity index is 2.91. The van der Waals surface area contributed by atoms with Crippen molar-refractivity contribution in [1.29, 1.82) is 0 Å². The van der Waals surface area contributed by atoms with E-state index in [1.165, 1.54) is 49.9 Å². The highest BCUT2D eigenvalue weighted by Gasteiger charge is 2.55. The normalized spacial score (nSPS) is 20.7. The van der Waals surface area contributed by atoms with Gasteiger partial charge in [-0.1, -0.05) is 45.4 Å². The van der Waals surface area contributed by atoms with Crippen LogP contribution in [0.3, 0.4) is 0 Å². The molecule has 1 aliphatic heterocycles. The molecule has 0 saturated carbocycles. The molecule has 0 spiro atoms. The van der Waals surface area contributed by atoms with Crippen LogP contribution in [0, 0.1) is 0 Å². The maximum atomic E-state index is 5.05. The Bertz CT molecular complexity index is 344. The van der Waals surface area contributed by atoms with Gasteiger partial charge in [0.1, 0.15) is 6.16 Å². The smallest absolute Gasteiger partial charge is 0.163 e. The Morgan fingerprint density at radius 3 is 2.26 bits per heavy atom. The molecular weight excluding hydrogens is 249 g/mol. The molecule has 0 unspecified atom stereocenters. The lowest BCUT2D eigenvalue weighted by Gasteiger charge is -2.33. The molecule has 0 aromatic rings. The second kappa shape index (κ2) is 7.39. The minimum atomic E-state index is -0.968. The summed E-state index contributed by atoms with van der Waals surface area (Å²) in [6, 6.07) is 0. The fraction of sp³-hybridized carbons (Fsp3) is 0.706. The van der Waals surface area contributed by atoms with Crippen LogP contribution in [0.25, 0.3) is 0 Å². The van der Waals surface area contributed by atoms with E-state index in [-0.39, 0.29) is 5.28 Å². The third-order valence-electron chi connectivity index (χ3n) is 4.35. The lowest BCUT2D eigenvalue weighted by molar-refractivity contribution is 0.724. The van der Waals surface area contributed by atoms with E-state index in [4.69, 9.17) is 4.99 Å². The highest BCUT2D eigenvalue weighted by Crippen LogP contribution is 2.72. The van der Waals surface area contributed by atoms with E-state index in [1.807, 2.05) is 12.2 Å². The van der Waals surface area contributed by atoms with Gasteiger partial charge in [-0.3, -0.25) is 0 Å². The van der Waals surface area contributed by atoms with Crippen molar-refractivity contribution < 1.29 is 0 Å². The number of allylic oxidation sites excluding steroid dienone is 3. The van der Waals surface area contributed by atoms with E-state index >= 15 is 0 Å². The molecule has 1 aliphatic rings. The molecule has 0 atom stereocenters. The molecule has 2 heteroatoms. The van der Waals surface area contributed by atoms with Crippen LogP contribution in [0.2, 0.25) is 0 Å². The van der Waals surface area contributed by atoms with E-state index in [1.54, 1.807) is 0 Å². The van der Waals surface area contributed by atoms with Gasteiger partial charge in [0.25, 0.3) is 0 Å². The third kappa shape index (κ3) is 4.02. The molecule has 0 aromatic carbocycles. The highest BCUT2D eigenvalue weighted by molar-refractivity contribution is 7.78. The summed E-state index contributed by atoms with van der Waals surface area (Å²) in [5, 5.41) is 0.193. The number of hydrogen-bond donors (Lipinski definition) is 0. The topological polar surface area (TPSA) is 12.4 Å². The summed E-state index contributed by atoms with van der Waals surface area (Å²) < 4.78 is 0. The Morgan fingerprint density at radius 1 is 1.21 bits per heavy atom. The van der Waals surface area contributed by atoms with Crippen molar-refractivity contribution in [3.05, 3.63) is 24.8 Å². The van der Waals surface area contributed by atoms with E-state index in [9.17, 15) is 0 Å². The SMILES string of the molecule is C=C/C=C\C1=NC(C)(C)[P+](CCCC)(CCCC)C1. The van der Waals surface area contributed by atoms with Gasteiger partial charge in [0.15, 0.2) is 5.28 Å². The number of nitrogens with zero attached hydrogens (tertiary/aromatic N) is 1. The van der Waals surface area contributed by atoms with Crippen LogP contribution in [0.15, 0.2) is 29.8 Å². The predicted molar refractivity (Wildman–Crippen MR) is 92.2 cm³/mol. The Kier molecular flexibility index (Phi) is 6.47. The third-order valence-corrected chi connectivity index (χ3v) is 10.0. The minimum absolute atomic E-state index is 0.193. The van der Waals surface area contributed by atoms with Crippen molar-refractivity contribution in [2.24, 2.45) is 4.99 Å². The first-order valence-electron chi connectivity index (χ1n) is 7.75. The van der Waals surface area contributed by atoms with Crippen LogP contribution < -0.4 is 0 Å². The number of aliphatic imine (C=N–C) groups is 1. The van der Waals surface area contributed by atoms with Gasteiger partial charge in [-0.2, -0.15) is 0 Å². The van der Waals surface area contributed by atoms with Gasteiger partial charge < -0.3 is 0 Å². The number of hydrogen-bond acceptors (Lipinski definition) is 1. The van der Waals surface area contributed by atoms with Gasteiger partial charge in [-0.15, -0.1) is 0 Å². The van der Waals surface area contributed by atoms with Gasteiger partial charge in [-0.25, -0.2) is 4.99 Å². The molecule has 108 valence electrons. The summed E-state index contributed by atoms with van der Waals surface area (Å²) in [6.07, 6.45) is 15.5. The van der Waals surface area contributed by atoms with Crippen molar-refractivity contribution in [3.8, 4) is 0 Å². The summed E-state index contributed by atoms with van der Waals surface area (Å²) >= 11 is 0. The maximum absolute atomic E-state index is 5.05. The van der Waals surface area contributed by atoms with Crippen LogP contribution in [-0.4, -0.2) is 29.5 Å². The Hall–Kier alpha value is -0.420. The maximum Gasteiger partial charge on any atom is 0.163 e. The Labute approximate surface area is 120 Å². The molecule has 0 aromatic heterocycles. The van der Waals surface area contributed by atoms with Crippen LogP contribution >= 0.6 is 7.26 Å². The Morgan fingerprint density at radius 2 is 1.79 bits per heavy atom. The van der Waals surface area contributed by atoms with Crippen molar-refractivity contribution >= 4 is 13.0 Å². The van der Waals surface area contributed by atoms with Gasteiger partial charge in [-0.05, 0) is 32.8 Å². The van der Waals surface area contributed by atoms with Crippen LogP contribution in [0.5, 0.6) is 0 Å². The summed E-state index contributed by atoms with van der Waals surface area (Å²) in [4.78, 5) is 5.05. The van der Waals surface area contributed by atoms with E-state index in [0.717, 1.165) is 0 Å². The monoisotopic (exact) mass is 280 g/mol. The summed E-state index contributed by atoms with van der Waals surface area (Å²) in [6.45, 7) is 13.1. The highest BCUT2D eigenvalue weighted by atomic mass is 31.2. The van der Waals surface area contributed by atoms with Crippen molar-refractivity contribution in [2.75, 3.05) is 18.5 Å². The molecule has 0 bridgehead atoms. The van der Waals surface area contributed by atoms with Crippen LogP contribution in [0.1, 0.15) is 53.4 Å².